The highest BCUT2D eigenvalue weighted by atomic mass is 16.5. The number of nitrogens with one attached hydrogen (secondary N) is 2. The molecule has 1 unspecified atom stereocenters. The first-order valence-corrected chi connectivity index (χ1v) is 9.15. The molecule has 2 N–H and O–H groups in total. The summed E-state index contributed by atoms with van der Waals surface area (Å²) in [6, 6.07) is 0. The van der Waals surface area contributed by atoms with E-state index in [0.717, 1.165) is 71.5 Å². The molecule has 1 fully saturated rings. The van der Waals surface area contributed by atoms with Gasteiger partial charge in [-0.25, -0.2) is 0 Å². The fourth-order valence-electron chi connectivity index (χ4n) is 2.50. The summed E-state index contributed by atoms with van der Waals surface area (Å²) in [5, 5.41) is 6.66. The van der Waals surface area contributed by atoms with E-state index in [1.165, 1.54) is 0 Å². The van der Waals surface area contributed by atoms with E-state index in [-0.39, 0.29) is 0 Å². The SMILES string of the molecule is CCNC(=NCC(C)CN1CCOCC1)NCCCOCCOC. The van der Waals surface area contributed by atoms with Gasteiger partial charge in [0.2, 0.25) is 0 Å². The molecule has 7 nitrogen and oxygen atoms in total. The average molecular weight is 345 g/mol. The first-order valence-electron chi connectivity index (χ1n) is 9.15. The van der Waals surface area contributed by atoms with Gasteiger partial charge in [0.1, 0.15) is 0 Å². The predicted molar refractivity (Wildman–Crippen MR) is 97.7 cm³/mol. The number of hydrogen-bond donors (Lipinski definition) is 2. The van der Waals surface area contributed by atoms with Gasteiger partial charge in [-0.3, -0.25) is 9.89 Å². The monoisotopic (exact) mass is 344 g/mol. The van der Waals surface area contributed by atoms with Gasteiger partial charge in [0.15, 0.2) is 5.96 Å². The molecule has 0 aromatic carbocycles. The summed E-state index contributed by atoms with van der Waals surface area (Å²) in [5.41, 5.74) is 0. The van der Waals surface area contributed by atoms with Crippen molar-refractivity contribution in [2.24, 2.45) is 10.9 Å². The lowest BCUT2D eigenvalue weighted by atomic mass is 10.1. The maximum absolute atomic E-state index is 5.46. The van der Waals surface area contributed by atoms with Gasteiger partial charge in [-0.2, -0.15) is 0 Å². The second kappa shape index (κ2) is 14.5. The summed E-state index contributed by atoms with van der Waals surface area (Å²) in [5.74, 6) is 1.43. The highest BCUT2D eigenvalue weighted by Crippen LogP contribution is 2.03. The molecule has 0 saturated carbocycles. The highest BCUT2D eigenvalue weighted by Gasteiger charge is 2.13. The third-order valence-electron chi connectivity index (χ3n) is 3.77. The van der Waals surface area contributed by atoms with Gasteiger partial charge in [0.05, 0.1) is 26.4 Å². The molecule has 1 rings (SSSR count). The number of guanidine groups is 1. The second-order valence-electron chi connectivity index (χ2n) is 6.12. The third-order valence-corrected chi connectivity index (χ3v) is 3.77. The van der Waals surface area contributed by atoms with E-state index in [9.17, 15) is 0 Å². The van der Waals surface area contributed by atoms with Gasteiger partial charge in [-0.15, -0.1) is 0 Å². The zero-order valence-electron chi connectivity index (χ0n) is 15.7. The smallest absolute Gasteiger partial charge is 0.191 e. The molecule has 7 heteroatoms. The largest absolute Gasteiger partial charge is 0.382 e. The zero-order chi connectivity index (χ0) is 17.5. The van der Waals surface area contributed by atoms with Crippen molar-refractivity contribution < 1.29 is 14.2 Å². The second-order valence-corrected chi connectivity index (χ2v) is 6.12. The van der Waals surface area contributed by atoms with Crippen LogP contribution in [0.15, 0.2) is 4.99 Å². The molecule has 0 amide bonds. The topological polar surface area (TPSA) is 67.4 Å². The molecule has 0 spiro atoms. The molecule has 24 heavy (non-hydrogen) atoms. The Morgan fingerprint density at radius 3 is 2.71 bits per heavy atom. The van der Waals surface area contributed by atoms with Crippen molar-refractivity contribution in [1.82, 2.24) is 15.5 Å². The van der Waals surface area contributed by atoms with Crippen molar-refractivity contribution in [2.75, 3.05) is 79.4 Å². The van der Waals surface area contributed by atoms with E-state index < -0.39 is 0 Å². The maximum Gasteiger partial charge on any atom is 0.191 e. The molecule has 1 atom stereocenters. The van der Waals surface area contributed by atoms with Gasteiger partial charge in [0.25, 0.3) is 0 Å². The normalized spacial score (nSPS) is 17.7. The van der Waals surface area contributed by atoms with Gasteiger partial charge in [-0.1, -0.05) is 6.92 Å². The molecule has 0 aliphatic carbocycles. The predicted octanol–water partition coefficient (Wildman–Crippen LogP) is 0.563. The fourth-order valence-corrected chi connectivity index (χ4v) is 2.50. The van der Waals surface area contributed by atoms with E-state index in [0.29, 0.717) is 19.1 Å². The lowest BCUT2D eigenvalue weighted by molar-refractivity contribution is 0.0323. The Balaban J connectivity index is 2.17. The van der Waals surface area contributed by atoms with Gasteiger partial charge >= 0.3 is 0 Å². The molecule has 0 bridgehead atoms. The van der Waals surface area contributed by atoms with Crippen molar-refractivity contribution in [2.45, 2.75) is 20.3 Å². The number of aliphatic imine (C=N–C) groups is 1. The van der Waals surface area contributed by atoms with Crippen molar-refractivity contribution >= 4 is 5.96 Å². The minimum atomic E-state index is 0.538. The number of morpholine rings is 1. The summed E-state index contributed by atoms with van der Waals surface area (Å²) >= 11 is 0. The van der Waals surface area contributed by atoms with Crippen LogP contribution in [-0.2, 0) is 14.2 Å². The Kier molecular flexibility index (Phi) is 12.7. The number of nitrogens with zero attached hydrogens (tertiary/aromatic N) is 2. The molecule has 0 radical (unpaired) electrons. The Bertz CT molecular complexity index is 323. The third kappa shape index (κ3) is 10.8. The number of ether oxygens (including phenoxy) is 3. The molecule has 1 saturated heterocycles. The minimum absolute atomic E-state index is 0.538. The van der Waals surface area contributed by atoms with Gasteiger partial charge < -0.3 is 24.8 Å². The minimum Gasteiger partial charge on any atom is -0.382 e. The van der Waals surface area contributed by atoms with Crippen LogP contribution >= 0.6 is 0 Å². The lowest BCUT2D eigenvalue weighted by Gasteiger charge is -2.28. The number of methoxy groups -OCH3 is 1. The summed E-state index contributed by atoms with van der Waals surface area (Å²) in [4.78, 5) is 7.16. The Morgan fingerprint density at radius 2 is 2.00 bits per heavy atom. The number of rotatable bonds is 12. The van der Waals surface area contributed by atoms with Crippen LogP contribution in [-0.4, -0.2) is 90.3 Å². The Morgan fingerprint density at radius 1 is 1.21 bits per heavy atom. The van der Waals surface area contributed by atoms with E-state index in [2.05, 4.69) is 29.4 Å². The lowest BCUT2D eigenvalue weighted by Crippen LogP contribution is -2.40. The van der Waals surface area contributed by atoms with Crippen LogP contribution in [0.4, 0.5) is 0 Å². The Hall–Kier alpha value is -0.890. The van der Waals surface area contributed by atoms with Crippen LogP contribution in [0.5, 0.6) is 0 Å². The molecule has 1 aliphatic rings. The van der Waals surface area contributed by atoms with E-state index in [1.807, 2.05) is 0 Å². The summed E-state index contributed by atoms with van der Waals surface area (Å²) in [6.07, 6.45) is 0.956. The average Bonchev–Trinajstić information content (AvgIpc) is 2.59. The standard InChI is InChI=1S/C17H36N4O3/c1-4-18-17(19-6-5-9-23-13-12-22-3)20-14-16(2)15-21-7-10-24-11-8-21/h16H,4-15H2,1-3H3,(H2,18,19,20). The summed E-state index contributed by atoms with van der Waals surface area (Å²) in [6.45, 7) is 13.8. The molecular formula is C17H36N4O3. The van der Waals surface area contributed by atoms with E-state index >= 15 is 0 Å². The van der Waals surface area contributed by atoms with Crippen LogP contribution in [0.1, 0.15) is 20.3 Å². The van der Waals surface area contributed by atoms with Crippen LogP contribution in [0.3, 0.4) is 0 Å². The zero-order valence-corrected chi connectivity index (χ0v) is 15.7. The van der Waals surface area contributed by atoms with Crippen LogP contribution in [0, 0.1) is 5.92 Å². The van der Waals surface area contributed by atoms with Gasteiger partial charge in [0, 0.05) is 53.0 Å². The summed E-state index contributed by atoms with van der Waals surface area (Å²) in [7, 11) is 1.68. The molecule has 1 aliphatic heterocycles. The van der Waals surface area contributed by atoms with Crippen LogP contribution in [0.25, 0.3) is 0 Å². The quantitative estimate of drug-likeness (QED) is 0.306. The van der Waals surface area contributed by atoms with Crippen molar-refractivity contribution in [3.05, 3.63) is 0 Å². The summed E-state index contributed by atoms with van der Waals surface area (Å²) < 4.78 is 15.8. The first-order chi connectivity index (χ1) is 11.8. The first kappa shape index (κ1) is 21.2. The number of hydrogen-bond acceptors (Lipinski definition) is 5. The highest BCUT2D eigenvalue weighted by molar-refractivity contribution is 5.79. The molecule has 0 aromatic rings. The van der Waals surface area contributed by atoms with E-state index in [1.54, 1.807) is 7.11 Å². The molecule has 1 heterocycles. The Labute approximate surface area is 147 Å². The van der Waals surface area contributed by atoms with E-state index in [4.69, 9.17) is 19.2 Å². The van der Waals surface area contributed by atoms with Gasteiger partial charge in [-0.05, 0) is 19.3 Å². The van der Waals surface area contributed by atoms with Crippen LogP contribution < -0.4 is 10.6 Å². The van der Waals surface area contributed by atoms with Crippen molar-refractivity contribution in [1.29, 1.82) is 0 Å². The van der Waals surface area contributed by atoms with Crippen LogP contribution in [0.2, 0.25) is 0 Å². The maximum atomic E-state index is 5.46. The molecular weight excluding hydrogens is 308 g/mol. The van der Waals surface area contributed by atoms with Crippen molar-refractivity contribution in [3.63, 3.8) is 0 Å². The van der Waals surface area contributed by atoms with Crippen molar-refractivity contribution in [3.8, 4) is 0 Å². The molecule has 142 valence electrons. The molecule has 0 aromatic heterocycles. The fraction of sp³-hybridized carbons (Fsp3) is 0.941.